The Hall–Kier alpha value is -2.47. The lowest BCUT2D eigenvalue weighted by Crippen LogP contribution is -2.38. The summed E-state index contributed by atoms with van der Waals surface area (Å²) in [5, 5.41) is 2.82. The molecule has 1 aliphatic heterocycles. The normalized spacial score (nSPS) is 14.4. The minimum Gasteiger partial charge on any atom is -0.349 e. The SMILES string of the molecule is O=C(NCCN1CCc2ccccc2C1)c1c[nH]c(=O)cn1. The highest BCUT2D eigenvalue weighted by atomic mass is 16.2. The summed E-state index contributed by atoms with van der Waals surface area (Å²) >= 11 is 0. The molecule has 0 unspecified atom stereocenters. The van der Waals surface area contributed by atoms with E-state index < -0.39 is 0 Å². The van der Waals surface area contributed by atoms with Crippen LogP contribution in [0.5, 0.6) is 0 Å². The molecule has 0 aliphatic carbocycles. The lowest BCUT2D eigenvalue weighted by Gasteiger charge is -2.28. The van der Waals surface area contributed by atoms with Crippen LogP contribution in [0, 0.1) is 0 Å². The molecule has 6 heteroatoms. The second-order valence-corrected chi connectivity index (χ2v) is 5.35. The monoisotopic (exact) mass is 298 g/mol. The number of amides is 1. The highest BCUT2D eigenvalue weighted by Crippen LogP contribution is 2.17. The molecule has 1 amide bonds. The molecule has 0 bridgehead atoms. The zero-order valence-corrected chi connectivity index (χ0v) is 12.2. The van der Waals surface area contributed by atoms with Crippen molar-refractivity contribution in [3.05, 3.63) is 63.8 Å². The van der Waals surface area contributed by atoms with E-state index in [1.54, 1.807) is 0 Å². The van der Waals surface area contributed by atoms with Crippen LogP contribution >= 0.6 is 0 Å². The van der Waals surface area contributed by atoms with Crippen LogP contribution in [0.25, 0.3) is 0 Å². The lowest BCUT2D eigenvalue weighted by atomic mass is 10.00. The van der Waals surface area contributed by atoms with E-state index >= 15 is 0 Å². The van der Waals surface area contributed by atoms with Gasteiger partial charge in [-0.05, 0) is 17.5 Å². The van der Waals surface area contributed by atoms with Gasteiger partial charge < -0.3 is 10.3 Å². The van der Waals surface area contributed by atoms with Gasteiger partial charge in [0.1, 0.15) is 5.69 Å². The Labute approximate surface area is 128 Å². The Morgan fingerprint density at radius 2 is 2.14 bits per heavy atom. The van der Waals surface area contributed by atoms with E-state index in [0.29, 0.717) is 6.54 Å². The topological polar surface area (TPSA) is 78.1 Å². The summed E-state index contributed by atoms with van der Waals surface area (Å²) in [6.45, 7) is 3.28. The molecule has 1 aliphatic rings. The number of carbonyl (C=O) groups excluding carboxylic acids is 1. The zero-order chi connectivity index (χ0) is 15.4. The molecule has 114 valence electrons. The predicted molar refractivity (Wildman–Crippen MR) is 82.6 cm³/mol. The van der Waals surface area contributed by atoms with Crippen molar-refractivity contribution in [3.63, 3.8) is 0 Å². The van der Waals surface area contributed by atoms with Gasteiger partial charge in [0, 0.05) is 32.4 Å². The van der Waals surface area contributed by atoms with Crippen molar-refractivity contribution in [2.45, 2.75) is 13.0 Å². The fourth-order valence-corrected chi connectivity index (χ4v) is 2.63. The van der Waals surface area contributed by atoms with E-state index in [4.69, 9.17) is 0 Å². The third-order valence-electron chi connectivity index (χ3n) is 3.83. The Morgan fingerprint density at radius 3 is 2.91 bits per heavy atom. The number of carbonyl (C=O) groups is 1. The third-order valence-corrected chi connectivity index (χ3v) is 3.83. The van der Waals surface area contributed by atoms with Gasteiger partial charge in [-0.2, -0.15) is 0 Å². The fraction of sp³-hybridized carbons (Fsp3) is 0.312. The van der Waals surface area contributed by atoms with Crippen LogP contribution in [0.15, 0.2) is 41.5 Å². The van der Waals surface area contributed by atoms with E-state index in [9.17, 15) is 9.59 Å². The number of nitrogens with zero attached hydrogens (tertiary/aromatic N) is 2. The van der Waals surface area contributed by atoms with Gasteiger partial charge in [0.2, 0.25) is 0 Å². The molecule has 1 aromatic carbocycles. The Balaban J connectivity index is 1.49. The van der Waals surface area contributed by atoms with Gasteiger partial charge in [0.25, 0.3) is 11.5 Å². The molecular weight excluding hydrogens is 280 g/mol. The number of benzene rings is 1. The van der Waals surface area contributed by atoms with Gasteiger partial charge in [0.05, 0.1) is 6.20 Å². The van der Waals surface area contributed by atoms with Gasteiger partial charge >= 0.3 is 0 Å². The van der Waals surface area contributed by atoms with E-state index in [2.05, 4.69) is 44.5 Å². The first kappa shape index (κ1) is 14.5. The van der Waals surface area contributed by atoms with Crippen molar-refractivity contribution in [3.8, 4) is 0 Å². The fourth-order valence-electron chi connectivity index (χ4n) is 2.63. The number of hydrogen-bond acceptors (Lipinski definition) is 4. The number of H-pyrrole nitrogens is 1. The van der Waals surface area contributed by atoms with Crippen LogP contribution in [-0.2, 0) is 13.0 Å². The highest BCUT2D eigenvalue weighted by Gasteiger charge is 2.15. The molecule has 0 saturated heterocycles. The second kappa shape index (κ2) is 6.53. The molecule has 1 aromatic heterocycles. The summed E-state index contributed by atoms with van der Waals surface area (Å²) in [5.41, 5.74) is 2.69. The van der Waals surface area contributed by atoms with Crippen molar-refractivity contribution < 1.29 is 4.79 Å². The number of nitrogens with one attached hydrogen (secondary N) is 2. The average molecular weight is 298 g/mol. The Bertz CT molecular complexity index is 706. The maximum Gasteiger partial charge on any atom is 0.271 e. The lowest BCUT2D eigenvalue weighted by molar-refractivity contribution is 0.0942. The van der Waals surface area contributed by atoms with Gasteiger partial charge in [-0.25, -0.2) is 4.98 Å². The summed E-state index contributed by atoms with van der Waals surface area (Å²) in [5.74, 6) is -0.270. The smallest absolute Gasteiger partial charge is 0.271 e. The predicted octanol–water partition coefficient (Wildman–Crippen LogP) is 0.558. The third kappa shape index (κ3) is 3.40. The Morgan fingerprint density at radius 1 is 1.32 bits per heavy atom. The maximum absolute atomic E-state index is 11.9. The molecule has 0 spiro atoms. The Kier molecular flexibility index (Phi) is 4.29. The van der Waals surface area contributed by atoms with Crippen LogP contribution in [-0.4, -0.2) is 40.4 Å². The minimum atomic E-state index is -0.316. The van der Waals surface area contributed by atoms with Crippen LogP contribution in [0.4, 0.5) is 0 Å². The minimum absolute atomic E-state index is 0.226. The van der Waals surface area contributed by atoms with Gasteiger partial charge in [0.15, 0.2) is 0 Å². The van der Waals surface area contributed by atoms with Crippen molar-refractivity contribution in [1.82, 2.24) is 20.2 Å². The molecule has 6 nitrogen and oxygen atoms in total. The molecule has 0 radical (unpaired) electrons. The van der Waals surface area contributed by atoms with Crippen LogP contribution in [0.1, 0.15) is 21.6 Å². The maximum atomic E-state index is 11.9. The summed E-state index contributed by atoms with van der Waals surface area (Å²) in [4.78, 5) is 31.4. The first-order valence-electron chi connectivity index (χ1n) is 7.34. The van der Waals surface area contributed by atoms with Crippen LogP contribution in [0.3, 0.4) is 0 Å². The first-order valence-corrected chi connectivity index (χ1v) is 7.34. The van der Waals surface area contributed by atoms with Crippen molar-refractivity contribution in [2.24, 2.45) is 0 Å². The van der Waals surface area contributed by atoms with Crippen molar-refractivity contribution in [2.75, 3.05) is 19.6 Å². The first-order chi connectivity index (χ1) is 10.7. The van der Waals surface area contributed by atoms with Crippen LogP contribution in [0.2, 0.25) is 0 Å². The number of rotatable bonds is 4. The number of aromatic amines is 1. The zero-order valence-electron chi connectivity index (χ0n) is 12.2. The summed E-state index contributed by atoms with van der Waals surface area (Å²) in [6, 6.07) is 8.47. The average Bonchev–Trinajstić information content (AvgIpc) is 2.55. The van der Waals surface area contributed by atoms with Crippen LogP contribution < -0.4 is 10.9 Å². The van der Waals surface area contributed by atoms with E-state index in [1.807, 2.05) is 0 Å². The standard InChI is InChI=1S/C16H18N4O2/c21-15-10-18-14(9-19-15)16(22)17-6-8-20-7-5-12-3-1-2-4-13(12)11-20/h1-4,9-10H,5-8,11H2,(H,17,22)(H,19,21). The van der Waals surface area contributed by atoms with E-state index in [-0.39, 0.29) is 17.2 Å². The number of hydrogen-bond donors (Lipinski definition) is 2. The molecule has 0 fully saturated rings. The second-order valence-electron chi connectivity index (χ2n) is 5.35. The molecular formula is C16H18N4O2. The highest BCUT2D eigenvalue weighted by molar-refractivity contribution is 5.91. The number of aromatic nitrogens is 2. The molecule has 3 rings (SSSR count). The quantitative estimate of drug-likeness (QED) is 0.864. The largest absolute Gasteiger partial charge is 0.349 e. The van der Waals surface area contributed by atoms with Crippen molar-refractivity contribution >= 4 is 5.91 Å². The summed E-state index contributed by atoms with van der Waals surface area (Å²) < 4.78 is 0. The molecule has 0 saturated carbocycles. The van der Waals surface area contributed by atoms with Gasteiger partial charge in [-0.3, -0.25) is 14.5 Å². The molecule has 0 atom stereocenters. The molecule has 2 N–H and O–H groups in total. The van der Waals surface area contributed by atoms with Crippen molar-refractivity contribution in [1.29, 1.82) is 0 Å². The van der Waals surface area contributed by atoms with E-state index in [0.717, 1.165) is 32.3 Å². The molecule has 2 heterocycles. The van der Waals surface area contributed by atoms with E-state index in [1.165, 1.54) is 17.3 Å². The summed E-state index contributed by atoms with van der Waals surface area (Å²) in [7, 11) is 0. The van der Waals surface area contributed by atoms with Gasteiger partial charge in [-0.15, -0.1) is 0 Å². The van der Waals surface area contributed by atoms with Gasteiger partial charge in [-0.1, -0.05) is 24.3 Å². The molecule has 22 heavy (non-hydrogen) atoms. The number of fused-ring (bicyclic) bond motifs is 1. The summed E-state index contributed by atoms with van der Waals surface area (Å²) in [6.07, 6.45) is 3.48. The molecule has 2 aromatic rings.